The molecule has 10 heteroatoms. The third-order valence-corrected chi connectivity index (χ3v) is 7.86. The van der Waals surface area contributed by atoms with Gasteiger partial charge in [-0.1, -0.05) is 5.92 Å². The van der Waals surface area contributed by atoms with Gasteiger partial charge in [0.2, 0.25) is 10.0 Å². The number of nitrogens with zero attached hydrogens (tertiary/aromatic N) is 1. The van der Waals surface area contributed by atoms with E-state index in [1.54, 1.807) is 53.7 Å². The van der Waals surface area contributed by atoms with Crippen molar-refractivity contribution in [3.8, 4) is 17.6 Å². The van der Waals surface area contributed by atoms with Crippen LogP contribution >= 0.6 is 11.8 Å². The van der Waals surface area contributed by atoms with Gasteiger partial charge >= 0.3 is 11.9 Å². The number of thioether (sulfide) groups is 1. The zero-order chi connectivity index (χ0) is 24.9. The molecule has 1 heterocycles. The fourth-order valence-electron chi connectivity index (χ4n) is 3.23. The Bertz CT molecular complexity index is 1020. The Labute approximate surface area is 200 Å². The highest BCUT2D eigenvalue weighted by molar-refractivity contribution is 8.00. The van der Waals surface area contributed by atoms with Crippen LogP contribution in [0, 0.1) is 11.8 Å². The third-order valence-electron chi connectivity index (χ3n) is 4.63. The van der Waals surface area contributed by atoms with Gasteiger partial charge in [0.25, 0.3) is 0 Å². The largest absolute Gasteiger partial charge is 0.481 e. The first-order chi connectivity index (χ1) is 15.3. The molecule has 1 atom stereocenters. The third kappa shape index (κ3) is 7.39. The van der Waals surface area contributed by atoms with E-state index in [2.05, 4.69) is 11.8 Å². The lowest BCUT2D eigenvalue weighted by Gasteiger charge is -2.43. The van der Waals surface area contributed by atoms with Crippen LogP contribution in [0.2, 0.25) is 0 Å². The normalized spacial score (nSPS) is 18.5. The van der Waals surface area contributed by atoms with Crippen LogP contribution in [0.5, 0.6) is 5.75 Å². The quantitative estimate of drug-likeness (QED) is 0.419. The Kier molecular flexibility index (Phi) is 8.85. The van der Waals surface area contributed by atoms with Crippen molar-refractivity contribution in [3.63, 3.8) is 0 Å². The SMILES string of the molecule is CC#CCOc1ccc(S(=O)(=O)N2CCSC(C)(C)C2C(=O)OCC(=O)OC(C)(C)C)cc1. The topological polar surface area (TPSA) is 99.2 Å². The summed E-state index contributed by atoms with van der Waals surface area (Å²) in [6.45, 7) is 10.1. The minimum Gasteiger partial charge on any atom is -0.481 e. The maximum atomic E-state index is 13.4. The van der Waals surface area contributed by atoms with Gasteiger partial charge < -0.3 is 14.2 Å². The highest BCUT2D eigenvalue weighted by atomic mass is 32.2. The summed E-state index contributed by atoms with van der Waals surface area (Å²) in [4.78, 5) is 25.0. The zero-order valence-electron chi connectivity index (χ0n) is 19.8. The van der Waals surface area contributed by atoms with Crippen LogP contribution in [-0.2, 0) is 29.1 Å². The van der Waals surface area contributed by atoms with Gasteiger partial charge in [-0.05, 0) is 65.8 Å². The Morgan fingerprint density at radius 2 is 1.85 bits per heavy atom. The predicted octanol–water partition coefficient (Wildman–Crippen LogP) is 2.86. The second-order valence-electron chi connectivity index (χ2n) is 8.85. The Morgan fingerprint density at radius 1 is 1.21 bits per heavy atom. The molecule has 0 spiro atoms. The van der Waals surface area contributed by atoms with Crippen molar-refractivity contribution in [2.75, 3.05) is 25.5 Å². The van der Waals surface area contributed by atoms with E-state index in [9.17, 15) is 18.0 Å². The van der Waals surface area contributed by atoms with Crippen molar-refractivity contribution in [1.82, 2.24) is 4.31 Å². The minimum atomic E-state index is -4.02. The molecule has 1 saturated heterocycles. The monoisotopic (exact) mass is 497 g/mol. The maximum absolute atomic E-state index is 13.4. The highest BCUT2D eigenvalue weighted by Gasteiger charge is 2.49. The summed E-state index contributed by atoms with van der Waals surface area (Å²) >= 11 is 1.47. The average molecular weight is 498 g/mol. The van der Waals surface area contributed by atoms with E-state index in [0.29, 0.717) is 11.5 Å². The van der Waals surface area contributed by atoms with Crippen molar-refractivity contribution in [1.29, 1.82) is 0 Å². The molecule has 1 aliphatic heterocycles. The summed E-state index contributed by atoms with van der Waals surface area (Å²) < 4.78 is 43.1. The van der Waals surface area contributed by atoms with Crippen molar-refractivity contribution in [2.45, 2.75) is 62.8 Å². The first kappa shape index (κ1) is 27.0. The fraction of sp³-hybridized carbons (Fsp3) is 0.565. The first-order valence-corrected chi connectivity index (χ1v) is 12.9. The van der Waals surface area contributed by atoms with Gasteiger partial charge in [-0.2, -0.15) is 16.1 Å². The van der Waals surface area contributed by atoms with Gasteiger partial charge in [-0.15, -0.1) is 5.92 Å². The molecule has 2 rings (SSSR count). The number of sulfonamides is 1. The second-order valence-corrected chi connectivity index (χ2v) is 12.5. The molecule has 1 aromatic carbocycles. The van der Waals surface area contributed by atoms with Crippen LogP contribution in [0.4, 0.5) is 0 Å². The maximum Gasteiger partial charge on any atom is 0.344 e. The number of benzene rings is 1. The summed E-state index contributed by atoms with van der Waals surface area (Å²) in [5.74, 6) is 4.99. The number of rotatable bonds is 7. The van der Waals surface area contributed by atoms with Gasteiger partial charge in [0, 0.05) is 17.0 Å². The van der Waals surface area contributed by atoms with Crippen LogP contribution < -0.4 is 4.74 Å². The average Bonchev–Trinajstić information content (AvgIpc) is 2.70. The molecular weight excluding hydrogens is 466 g/mol. The Hall–Kier alpha value is -2.22. The molecule has 0 amide bonds. The molecule has 1 unspecified atom stereocenters. The van der Waals surface area contributed by atoms with Crippen LogP contribution in [0.1, 0.15) is 41.5 Å². The summed E-state index contributed by atoms with van der Waals surface area (Å²) in [5, 5.41) is 0. The first-order valence-electron chi connectivity index (χ1n) is 10.4. The number of carbonyl (C=O) groups is 2. The fourth-order valence-corrected chi connectivity index (χ4v) is 6.32. The molecule has 182 valence electrons. The molecule has 8 nitrogen and oxygen atoms in total. The molecule has 0 aromatic heterocycles. The van der Waals surface area contributed by atoms with E-state index in [0.717, 1.165) is 4.31 Å². The summed E-state index contributed by atoms with van der Waals surface area (Å²) in [5.41, 5.74) is -0.724. The van der Waals surface area contributed by atoms with E-state index in [4.69, 9.17) is 14.2 Å². The van der Waals surface area contributed by atoms with Crippen molar-refractivity contribution < 1.29 is 32.2 Å². The van der Waals surface area contributed by atoms with Gasteiger partial charge in [-0.25, -0.2) is 13.2 Å². The van der Waals surface area contributed by atoms with Crippen LogP contribution in [0.25, 0.3) is 0 Å². The van der Waals surface area contributed by atoms with E-state index in [-0.39, 0.29) is 18.0 Å². The van der Waals surface area contributed by atoms with E-state index < -0.39 is 45.0 Å². The molecule has 33 heavy (non-hydrogen) atoms. The van der Waals surface area contributed by atoms with Crippen molar-refractivity contribution in [3.05, 3.63) is 24.3 Å². The molecule has 0 bridgehead atoms. The van der Waals surface area contributed by atoms with Gasteiger partial charge in [0.1, 0.15) is 24.0 Å². The lowest BCUT2D eigenvalue weighted by molar-refractivity contribution is -0.168. The summed E-state index contributed by atoms with van der Waals surface area (Å²) in [6.07, 6.45) is 0. The minimum absolute atomic E-state index is 0.0315. The Balaban J connectivity index is 2.23. The van der Waals surface area contributed by atoms with Crippen LogP contribution in [0.3, 0.4) is 0 Å². The number of ether oxygens (including phenoxy) is 3. The predicted molar refractivity (Wildman–Crippen MR) is 126 cm³/mol. The zero-order valence-corrected chi connectivity index (χ0v) is 21.5. The summed E-state index contributed by atoms with van der Waals surface area (Å²) in [7, 11) is -4.02. The number of carbonyl (C=O) groups excluding carboxylic acids is 2. The molecule has 1 aliphatic rings. The van der Waals surface area contributed by atoms with E-state index >= 15 is 0 Å². The van der Waals surface area contributed by atoms with Gasteiger partial charge in [0.05, 0.1) is 4.90 Å². The Morgan fingerprint density at radius 3 is 2.42 bits per heavy atom. The van der Waals surface area contributed by atoms with E-state index in [1.807, 2.05) is 0 Å². The number of hydrogen-bond donors (Lipinski definition) is 0. The lowest BCUT2D eigenvalue weighted by atomic mass is 10.0. The van der Waals surface area contributed by atoms with E-state index in [1.165, 1.54) is 23.9 Å². The molecular formula is C23H31NO7S2. The number of esters is 2. The highest BCUT2D eigenvalue weighted by Crippen LogP contribution is 2.39. The molecule has 0 radical (unpaired) electrons. The number of hydrogen-bond acceptors (Lipinski definition) is 8. The second kappa shape index (κ2) is 10.8. The lowest BCUT2D eigenvalue weighted by Crippen LogP contribution is -2.59. The molecule has 1 aromatic rings. The summed E-state index contributed by atoms with van der Waals surface area (Å²) in [6, 6.07) is 4.84. The van der Waals surface area contributed by atoms with Crippen molar-refractivity contribution >= 4 is 33.7 Å². The molecule has 0 N–H and O–H groups in total. The smallest absolute Gasteiger partial charge is 0.344 e. The molecule has 0 aliphatic carbocycles. The van der Waals surface area contributed by atoms with Crippen LogP contribution in [-0.4, -0.2) is 66.6 Å². The molecule has 0 saturated carbocycles. The van der Waals surface area contributed by atoms with Gasteiger partial charge in [0.15, 0.2) is 6.61 Å². The molecule has 1 fully saturated rings. The van der Waals surface area contributed by atoms with Crippen LogP contribution in [0.15, 0.2) is 29.2 Å². The van der Waals surface area contributed by atoms with Crippen molar-refractivity contribution in [2.24, 2.45) is 0 Å². The van der Waals surface area contributed by atoms with Gasteiger partial charge in [-0.3, -0.25) is 4.79 Å². The standard InChI is InChI=1S/C23H31NO7S2/c1-7-8-14-29-17-9-11-18(12-10-17)33(27,28)24-13-15-32-23(5,6)20(24)21(26)30-16-19(25)31-22(2,3)4/h9-12,20H,13-16H2,1-6H3.